The molecule has 0 saturated carbocycles. The number of allylic oxidation sites excluding steroid dienone is 3. The minimum Gasteiger partial charge on any atom is -0.248 e. The van der Waals surface area contributed by atoms with Crippen LogP contribution in [0.5, 0.6) is 0 Å². The molecule has 0 fully saturated rings. The molecule has 1 heteroatoms. The van der Waals surface area contributed by atoms with Crippen molar-refractivity contribution < 1.29 is 0 Å². The van der Waals surface area contributed by atoms with E-state index in [2.05, 4.69) is 136 Å². The highest BCUT2D eigenvalue weighted by Crippen LogP contribution is 2.18. The summed E-state index contributed by atoms with van der Waals surface area (Å²) in [6, 6.07) is 45.3. The van der Waals surface area contributed by atoms with Crippen LogP contribution in [0, 0.1) is 40.5 Å². The van der Waals surface area contributed by atoms with Crippen LogP contribution in [-0.2, 0) is 0 Å². The van der Waals surface area contributed by atoms with Gasteiger partial charge in [0.05, 0.1) is 11.4 Å². The van der Waals surface area contributed by atoms with Gasteiger partial charge < -0.3 is 0 Å². The first-order valence-corrected chi connectivity index (χ1v) is 16.8. The summed E-state index contributed by atoms with van der Waals surface area (Å²) in [4.78, 5) is 4.70. The van der Waals surface area contributed by atoms with Crippen LogP contribution in [0.25, 0.3) is 11.8 Å². The van der Waals surface area contributed by atoms with Crippen LogP contribution in [0.15, 0.2) is 163 Å². The van der Waals surface area contributed by atoms with E-state index in [0.717, 1.165) is 22.5 Å². The second-order valence-corrected chi connectivity index (χ2v) is 12.6. The number of benzene rings is 5. The van der Waals surface area contributed by atoms with E-state index in [1.807, 2.05) is 84.9 Å². The second kappa shape index (κ2) is 21.7. The predicted molar refractivity (Wildman–Crippen MR) is 215 cm³/mol. The van der Waals surface area contributed by atoms with Crippen LogP contribution in [0.4, 0.5) is 0 Å². The van der Waals surface area contributed by atoms with Crippen molar-refractivity contribution in [2.24, 2.45) is 10.9 Å². The van der Waals surface area contributed by atoms with E-state index in [-0.39, 0.29) is 0 Å². The van der Waals surface area contributed by atoms with Crippen LogP contribution in [0.3, 0.4) is 0 Å². The van der Waals surface area contributed by atoms with E-state index < -0.39 is 0 Å². The Morgan fingerprint density at radius 1 is 0.562 bits per heavy atom. The lowest BCUT2D eigenvalue weighted by molar-refractivity contribution is 0.836. The molecule has 1 nitrogen and oxygen atoms in total. The number of hydrogen-bond donors (Lipinski definition) is 0. The number of aliphatic imine (C=N–C) groups is 1. The number of rotatable bonds is 6. The Kier molecular flexibility index (Phi) is 17.7. The van der Waals surface area contributed by atoms with Crippen LogP contribution in [0.2, 0.25) is 0 Å². The SMILES string of the molecule is C=C(N=C(C=C(C)C)c1ccccc1)c1ccccc1.Cc1cc(C)c(/C=C\C(C)C)cc1C.Cc1ccccc1.Cc1ccccc1. The van der Waals surface area contributed by atoms with Crippen molar-refractivity contribution in [2.75, 3.05) is 0 Å². The number of nitrogens with zero attached hydrogens (tertiary/aromatic N) is 1. The van der Waals surface area contributed by atoms with Gasteiger partial charge in [0.1, 0.15) is 0 Å². The number of hydrogen-bond acceptors (Lipinski definition) is 1. The maximum Gasteiger partial charge on any atom is 0.0708 e. The Balaban J connectivity index is 0.000000246. The van der Waals surface area contributed by atoms with E-state index in [4.69, 9.17) is 4.99 Å². The van der Waals surface area contributed by atoms with Crippen molar-refractivity contribution in [1.82, 2.24) is 0 Å². The molecule has 5 aromatic rings. The molecule has 0 aliphatic heterocycles. The topological polar surface area (TPSA) is 12.4 Å². The average Bonchev–Trinajstić information content (AvgIpc) is 3.07. The van der Waals surface area contributed by atoms with Crippen LogP contribution in [-0.4, -0.2) is 5.71 Å². The normalized spacial score (nSPS) is 10.5. The summed E-state index contributed by atoms with van der Waals surface area (Å²) in [5, 5.41) is 0. The molecule has 0 radical (unpaired) electrons. The first kappa shape index (κ1) is 39.2. The molecular weight excluding hydrogens is 579 g/mol. The second-order valence-electron chi connectivity index (χ2n) is 12.6. The van der Waals surface area contributed by atoms with Gasteiger partial charge in [0.2, 0.25) is 0 Å². The van der Waals surface area contributed by atoms with Gasteiger partial charge in [-0.2, -0.15) is 0 Å². The lowest BCUT2D eigenvalue weighted by atomic mass is 10.00. The Morgan fingerprint density at radius 2 is 0.979 bits per heavy atom. The third kappa shape index (κ3) is 16.0. The standard InChI is InChI=1S/C19H19N.C14H20.2C7H8/c1-15(2)14-19(18-12-8-5-9-13-18)20-16(3)17-10-6-4-7-11-17;1-10(2)6-7-14-9-12(4)11(3)8-13(14)5;2*1-7-5-3-2-4-6-7/h4-14H,3H2,1-2H3;6-10H,1-5H3;2*2-6H,1H3/b;7-6-;;. The van der Waals surface area contributed by atoms with Crippen LogP contribution in [0.1, 0.15) is 72.2 Å². The summed E-state index contributed by atoms with van der Waals surface area (Å²) >= 11 is 0. The first-order valence-electron chi connectivity index (χ1n) is 16.8. The van der Waals surface area contributed by atoms with Gasteiger partial charge in [-0.3, -0.25) is 0 Å². The molecule has 0 aliphatic rings. The summed E-state index contributed by atoms with van der Waals surface area (Å²) < 4.78 is 0. The minimum atomic E-state index is 0.621. The quantitative estimate of drug-likeness (QED) is 0.165. The summed E-state index contributed by atoms with van der Waals surface area (Å²) in [5.41, 5.74) is 13.2. The van der Waals surface area contributed by atoms with Gasteiger partial charge in [-0.25, -0.2) is 4.99 Å². The minimum absolute atomic E-state index is 0.621. The molecular formula is C47H55N. The summed E-state index contributed by atoms with van der Waals surface area (Å²) in [7, 11) is 0. The van der Waals surface area contributed by atoms with Crippen molar-refractivity contribution in [1.29, 1.82) is 0 Å². The van der Waals surface area contributed by atoms with E-state index in [9.17, 15) is 0 Å². The van der Waals surface area contributed by atoms with Gasteiger partial charge in [-0.1, -0.05) is 183 Å². The molecule has 0 aromatic heterocycles. The molecule has 0 unspecified atom stereocenters. The third-order valence-corrected chi connectivity index (χ3v) is 7.28. The van der Waals surface area contributed by atoms with Crippen LogP contribution >= 0.6 is 0 Å². The monoisotopic (exact) mass is 633 g/mol. The largest absolute Gasteiger partial charge is 0.248 e. The van der Waals surface area contributed by atoms with Gasteiger partial charge in [-0.05, 0) is 88.3 Å². The average molecular weight is 634 g/mol. The van der Waals surface area contributed by atoms with E-state index in [0.29, 0.717) is 5.92 Å². The fourth-order valence-electron chi connectivity index (χ4n) is 4.43. The molecule has 0 amide bonds. The lowest BCUT2D eigenvalue weighted by Crippen LogP contribution is -1.98. The first-order chi connectivity index (χ1) is 23.0. The van der Waals surface area contributed by atoms with Crippen molar-refractivity contribution in [2.45, 2.75) is 62.3 Å². The lowest BCUT2D eigenvalue weighted by Gasteiger charge is -2.06. The predicted octanol–water partition coefficient (Wildman–Crippen LogP) is 13.4. The molecule has 0 N–H and O–H groups in total. The maximum absolute atomic E-state index is 4.70. The highest BCUT2D eigenvalue weighted by molar-refractivity contribution is 6.11. The zero-order valence-electron chi connectivity index (χ0n) is 30.7. The fraction of sp³-hybridized carbons (Fsp3) is 0.213. The molecule has 0 saturated heterocycles. The molecule has 48 heavy (non-hydrogen) atoms. The molecule has 5 aromatic carbocycles. The van der Waals surface area contributed by atoms with E-state index in [1.165, 1.54) is 39.0 Å². The molecule has 0 bridgehead atoms. The molecule has 248 valence electrons. The highest BCUT2D eigenvalue weighted by atomic mass is 14.8. The Morgan fingerprint density at radius 3 is 1.38 bits per heavy atom. The van der Waals surface area contributed by atoms with Crippen molar-refractivity contribution >= 4 is 17.5 Å². The third-order valence-electron chi connectivity index (χ3n) is 7.28. The molecule has 0 heterocycles. The Bertz CT molecular complexity index is 1680. The Hall–Kier alpha value is -5.01. The summed E-state index contributed by atoms with van der Waals surface area (Å²) in [6.45, 7) is 23.3. The number of aryl methyl sites for hydroxylation is 5. The van der Waals surface area contributed by atoms with Gasteiger partial charge in [-0.15, -0.1) is 0 Å². The highest BCUT2D eigenvalue weighted by Gasteiger charge is 2.03. The van der Waals surface area contributed by atoms with E-state index in [1.54, 1.807) is 0 Å². The van der Waals surface area contributed by atoms with Crippen LogP contribution < -0.4 is 0 Å². The molecule has 0 spiro atoms. The van der Waals surface area contributed by atoms with Gasteiger partial charge in [0.25, 0.3) is 0 Å². The molecule has 0 atom stereocenters. The summed E-state index contributed by atoms with van der Waals surface area (Å²) in [6.07, 6.45) is 6.56. The van der Waals surface area contributed by atoms with Gasteiger partial charge in [0, 0.05) is 5.56 Å². The zero-order chi connectivity index (χ0) is 35.3. The van der Waals surface area contributed by atoms with Gasteiger partial charge in [0.15, 0.2) is 0 Å². The molecule has 5 rings (SSSR count). The zero-order valence-corrected chi connectivity index (χ0v) is 30.7. The smallest absolute Gasteiger partial charge is 0.0708 e. The maximum atomic E-state index is 4.70. The summed E-state index contributed by atoms with van der Waals surface area (Å²) in [5.74, 6) is 0.621. The van der Waals surface area contributed by atoms with Crippen molar-refractivity contribution in [3.63, 3.8) is 0 Å². The van der Waals surface area contributed by atoms with E-state index >= 15 is 0 Å². The Labute approximate surface area is 292 Å². The fourth-order valence-corrected chi connectivity index (χ4v) is 4.43. The van der Waals surface area contributed by atoms with Crippen molar-refractivity contribution in [3.05, 3.63) is 202 Å². The van der Waals surface area contributed by atoms with Gasteiger partial charge >= 0.3 is 0 Å². The van der Waals surface area contributed by atoms with Crippen molar-refractivity contribution in [3.8, 4) is 0 Å². The molecule has 0 aliphatic carbocycles.